The second kappa shape index (κ2) is 5.48. The van der Waals surface area contributed by atoms with Crippen molar-refractivity contribution in [2.75, 3.05) is 0 Å². The second-order valence-corrected chi connectivity index (χ2v) is 5.74. The van der Waals surface area contributed by atoms with Crippen LogP contribution in [-0.2, 0) is 7.05 Å². The van der Waals surface area contributed by atoms with Gasteiger partial charge in [-0.05, 0) is 30.3 Å². The van der Waals surface area contributed by atoms with E-state index in [9.17, 15) is 0 Å². The van der Waals surface area contributed by atoms with E-state index in [0.717, 1.165) is 33.7 Å². The normalized spacial score (nSPS) is 11.0. The molecule has 0 bridgehead atoms. The molecule has 0 aliphatic heterocycles. The molecule has 0 aliphatic rings. The number of aryl methyl sites for hydroxylation is 1. The van der Waals surface area contributed by atoms with E-state index in [4.69, 9.17) is 16.6 Å². The minimum atomic E-state index is 0.700. The van der Waals surface area contributed by atoms with Crippen LogP contribution in [0.25, 0.3) is 33.7 Å². The summed E-state index contributed by atoms with van der Waals surface area (Å²) in [5.74, 6) is 0.869. The van der Waals surface area contributed by atoms with Gasteiger partial charge in [-0.3, -0.25) is 0 Å². The highest BCUT2D eigenvalue weighted by Crippen LogP contribution is 2.32. The van der Waals surface area contributed by atoms with E-state index in [1.165, 1.54) is 0 Å². The first kappa shape index (κ1) is 13.9. The van der Waals surface area contributed by atoms with Crippen molar-refractivity contribution in [2.45, 2.75) is 0 Å². The van der Waals surface area contributed by atoms with Crippen LogP contribution in [-0.4, -0.2) is 19.5 Å². The summed E-state index contributed by atoms with van der Waals surface area (Å²) in [6.07, 6.45) is 5.46. The van der Waals surface area contributed by atoms with Crippen molar-refractivity contribution in [2.24, 2.45) is 7.05 Å². The fourth-order valence-corrected chi connectivity index (χ4v) is 2.75. The zero-order valence-corrected chi connectivity index (χ0v) is 13.2. The van der Waals surface area contributed by atoms with E-state index in [0.29, 0.717) is 5.02 Å². The SMILES string of the molecule is Cn1ccnc1-c1cc2cccnc2nc1-c1ccc(Cl)cc1. The zero-order chi connectivity index (χ0) is 15.8. The summed E-state index contributed by atoms with van der Waals surface area (Å²) in [4.78, 5) is 13.6. The molecular formula is C18H13ClN4. The Labute approximate surface area is 138 Å². The number of hydrogen-bond acceptors (Lipinski definition) is 3. The lowest BCUT2D eigenvalue weighted by Crippen LogP contribution is -1.97. The lowest BCUT2D eigenvalue weighted by molar-refractivity contribution is 0.924. The van der Waals surface area contributed by atoms with E-state index < -0.39 is 0 Å². The number of halogens is 1. The summed E-state index contributed by atoms with van der Waals surface area (Å²) in [5.41, 5.74) is 3.53. The third kappa shape index (κ3) is 2.47. The van der Waals surface area contributed by atoms with Crippen LogP contribution in [0.4, 0.5) is 0 Å². The Kier molecular flexibility index (Phi) is 3.32. The monoisotopic (exact) mass is 320 g/mol. The molecular weight excluding hydrogens is 308 g/mol. The Hall–Kier alpha value is -2.72. The smallest absolute Gasteiger partial charge is 0.159 e. The van der Waals surface area contributed by atoms with Crippen LogP contribution in [0.5, 0.6) is 0 Å². The molecule has 1 aromatic carbocycles. The van der Waals surface area contributed by atoms with Gasteiger partial charge in [-0.1, -0.05) is 23.7 Å². The Balaban J connectivity index is 2.04. The van der Waals surface area contributed by atoms with E-state index in [1.54, 1.807) is 12.4 Å². The molecule has 23 heavy (non-hydrogen) atoms. The van der Waals surface area contributed by atoms with Crippen molar-refractivity contribution in [3.63, 3.8) is 0 Å². The van der Waals surface area contributed by atoms with Crippen molar-refractivity contribution in [3.05, 3.63) is 66.1 Å². The topological polar surface area (TPSA) is 43.6 Å². The molecule has 4 rings (SSSR count). The van der Waals surface area contributed by atoms with Gasteiger partial charge in [-0.15, -0.1) is 0 Å². The number of pyridine rings is 2. The van der Waals surface area contributed by atoms with Crippen LogP contribution in [0.1, 0.15) is 0 Å². The van der Waals surface area contributed by atoms with Crippen molar-refractivity contribution in [3.8, 4) is 22.6 Å². The van der Waals surface area contributed by atoms with Crippen molar-refractivity contribution in [1.82, 2.24) is 19.5 Å². The summed E-state index contributed by atoms with van der Waals surface area (Å²) >= 11 is 6.01. The lowest BCUT2D eigenvalue weighted by atomic mass is 10.0. The van der Waals surface area contributed by atoms with Crippen molar-refractivity contribution in [1.29, 1.82) is 0 Å². The quantitative estimate of drug-likeness (QED) is 0.551. The van der Waals surface area contributed by atoms with Crippen LogP contribution in [0, 0.1) is 0 Å². The van der Waals surface area contributed by atoms with Crippen LogP contribution < -0.4 is 0 Å². The molecule has 112 valence electrons. The van der Waals surface area contributed by atoms with Crippen LogP contribution >= 0.6 is 11.6 Å². The fourth-order valence-electron chi connectivity index (χ4n) is 2.63. The molecule has 4 nitrogen and oxygen atoms in total. The number of nitrogens with zero attached hydrogens (tertiary/aromatic N) is 4. The Bertz CT molecular complexity index is 990. The average Bonchev–Trinajstić information content (AvgIpc) is 3.00. The maximum absolute atomic E-state index is 6.01. The molecule has 0 N–H and O–H groups in total. The first-order valence-corrected chi connectivity index (χ1v) is 7.59. The van der Waals surface area contributed by atoms with E-state index >= 15 is 0 Å². The highest BCUT2D eigenvalue weighted by Gasteiger charge is 2.14. The van der Waals surface area contributed by atoms with Gasteiger partial charge in [0.25, 0.3) is 0 Å². The van der Waals surface area contributed by atoms with Crippen LogP contribution in [0.15, 0.2) is 61.1 Å². The third-order valence-electron chi connectivity index (χ3n) is 3.77. The molecule has 4 aromatic rings. The van der Waals surface area contributed by atoms with Gasteiger partial charge >= 0.3 is 0 Å². The maximum atomic E-state index is 6.01. The molecule has 0 fully saturated rings. The predicted octanol–water partition coefficient (Wildman–Crippen LogP) is 4.35. The van der Waals surface area contributed by atoms with Gasteiger partial charge in [0, 0.05) is 47.2 Å². The molecule has 3 aromatic heterocycles. The maximum Gasteiger partial charge on any atom is 0.159 e. The number of hydrogen-bond donors (Lipinski definition) is 0. The fraction of sp³-hybridized carbons (Fsp3) is 0.0556. The van der Waals surface area contributed by atoms with Gasteiger partial charge in [0.1, 0.15) is 5.82 Å². The summed E-state index contributed by atoms with van der Waals surface area (Å²) in [6, 6.07) is 13.7. The van der Waals surface area contributed by atoms with E-state index in [2.05, 4.69) is 16.0 Å². The first-order valence-electron chi connectivity index (χ1n) is 7.22. The summed E-state index contributed by atoms with van der Waals surface area (Å²) in [5, 5.41) is 1.69. The molecule has 0 amide bonds. The molecule has 0 aliphatic carbocycles. The highest BCUT2D eigenvalue weighted by atomic mass is 35.5. The average molecular weight is 321 g/mol. The molecule has 5 heteroatoms. The molecule has 0 spiro atoms. The summed E-state index contributed by atoms with van der Waals surface area (Å²) in [7, 11) is 1.97. The summed E-state index contributed by atoms with van der Waals surface area (Å²) in [6.45, 7) is 0. The predicted molar refractivity (Wildman–Crippen MR) is 92.2 cm³/mol. The molecule has 0 saturated carbocycles. The third-order valence-corrected chi connectivity index (χ3v) is 4.02. The Morgan fingerprint density at radius 1 is 1.00 bits per heavy atom. The minimum Gasteiger partial charge on any atom is -0.334 e. The Morgan fingerprint density at radius 2 is 1.83 bits per heavy atom. The van der Waals surface area contributed by atoms with Crippen LogP contribution in [0.3, 0.4) is 0 Å². The summed E-state index contributed by atoms with van der Waals surface area (Å²) < 4.78 is 1.98. The standard InChI is InChI=1S/C18H13ClN4/c1-23-10-9-21-18(23)15-11-13-3-2-8-20-17(13)22-16(15)12-4-6-14(19)7-5-12/h2-11H,1H3. The number of imidazole rings is 1. The van der Waals surface area contributed by atoms with E-state index in [-0.39, 0.29) is 0 Å². The number of benzene rings is 1. The first-order chi connectivity index (χ1) is 11.2. The van der Waals surface area contributed by atoms with E-state index in [1.807, 2.05) is 54.2 Å². The van der Waals surface area contributed by atoms with Gasteiger partial charge in [0.05, 0.1) is 5.69 Å². The molecule has 0 radical (unpaired) electrons. The van der Waals surface area contributed by atoms with Crippen molar-refractivity contribution >= 4 is 22.6 Å². The van der Waals surface area contributed by atoms with Gasteiger partial charge in [-0.2, -0.15) is 0 Å². The minimum absolute atomic E-state index is 0.700. The highest BCUT2D eigenvalue weighted by molar-refractivity contribution is 6.30. The number of aromatic nitrogens is 4. The van der Waals surface area contributed by atoms with Crippen molar-refractivity contribution < 1.29 is 0 Å². The Morgan fingerprint density at radius 3 is 2.57 bits per heavy atom. The molecule has 3 heterocycles. The molecule has 0 unspecified atom stereocenters. The second-order valence-electron chi connectivity index (χ2n) is 5.30. The van der Waals surface area contributed by atoms with Gasteiger partial charge in [0.2, 0.25) is 0 Å². The van der Waals surface area contributed by atoms with Gasteiger partial charge in [0.15, 0.2) is 5.65 Å². The van der Waals surface area contributed by atoms with Gasteiger partial charge < -0.3 is 4.57 Å². The van der Waals surface area contributed by atoms with Crippen LogP contribution in [0.2, 0.25) is 5.02 Å². The zero-order valence-electron chi connectivity index (χ0n) is 12.4. The van der Waals surface area contributed by atoms with Gasteiger partial charge in [-0.25, -0.2) is 15.0 Å². The molecule has 0 saturated heterocycles. The number of fused-ring (bicyclic) bond motifs is 1. The largest absolute Gasteiger partial charge is 0.334 e. The number of rotatable bonds is 2. The lowest BCUT2D eigenvalue weighted by Gasteiger charge is -2.11. The molecule has 0 atom stereocenters.